The normalized spacial score (nSPS) is 14.7. The van der Waals surface area contributed by atoms with Gasteiger partial charge in [-0.15, -0.1) is 0 Å². The summed E-state index contributed by atoms with van der Waals surface area (Å²) in [7, 11) is 0. The highest BCUT2D eigenvalue weighted by Crippen LogP contribution is 2.50. The first-order valence-corrected chi connectivity index (χ1v) is 22.5. The number of aryl methyl sites for hydroxylation is 1. The Kier molecular flexibility index (Phi) is 10.3. The summed E-state index contributed by atoms with van der Waals surface area (Å²) in [5.41, 5.74) is 13.3. The molecule has 0 saturated heterocycles. The first kappa shape index (κ1) is 40.6. The zero-order valence-electron chi connectivity index (χ0n) is 37.3. The van der Waals surface area contributed by atoms with E-state index in [0.717, 1.165) is 84.9 Å². The molecule has 7 aromatic carbocycles. The van der Waals surface area contributed by atoms with E-state index < -0.39 is 0 Å². The highest BCUT2D eigenvalue weighted by Gasteiger charge is 2.35. The summed E-state index contributed by atoms with van der Waals surface area (Å²) in [6.45, 7) is 8.77. The van der Waals surface area contributed by atoms with E-state index in [2.05, 4.69) is 167 Å². The van der Waals surface area contributed by atoms with Crippen LogP contribution in [0.15, 0.2) is 194 Å². The molecule has 9 aromatic rings. The monoisotopic (exact) mass is 854 g/mol. The second-order valence-electron chi connectivity index (χ2n) is 17.7. The lowest BCUT2D eigenvalue weighted by Gasteiger charge is -2.35. The van der Waals surface area contributed by atoms with Crippen molar-refractivity contribution in [1.29, 1.82) is 0 Å². The smallest absolute Gasteiger partial charge is 0.164 e. The number of hydrogen-bond acceptors (Lipinski definition) is 7. The van der Waals surface area contributed by atoms with Crippen molar-refractivity contribution in [1.82, 2.24) is 29.9 Å². The van der Waals surface area contributed by atoms with Crippen LogP contribution in [-0.4, -0.2) is 29.9 Å². The molecule has 1 atom stereocenters. The van der Waals surface area contributed by atoms with Gasteiger partial charge in [-0.2, -0.15) is 0 Å². The van der Waals surface area contributed by atoms with Crippen molar-refractivity contribution in [2.75, 3.05) is 0 Å². The first-order chi connectivity index (χ1) is 32.2. The summed E-state index contributed by atoms with van der Waals surface area (Å²) in [5.74, 6) is 5.79. The van der Waals surface area contributed by atoms with Gasteiger partial charge < -0.3 is 4.74 Å². The summed E-state index contributed by atoms with van der Waals surface area (Å²) in [5, 5.41) is 0. The number of fused-ring (bicyclic) bond motifs is 2. The van der Waals surface area contributed by atoms with Gasteiger partial charge in [0.15, 0.2) is 29.1 Å². The van der Waals surface area contributed by atoms with E-state index in [1.165, 1.54) is 11.1 Å². The summed E-state index contributed by atoms with van der Waals surface area (Å²) >= 11 is 0. The van der Waals surface area contributed by atoms with Crippen molar-refractivity contribution >= 4 is 0 Å². The van der Waals surface area contributed by atoms with Crippen molar-refractivity contribution < 1.29 is 4.74 Å². The predicted molar refractivity (Wildman–Crippen MR) is 265 cm³/mol. The third-order valence-electron chi connectivity index (χ3n) is 12.7. The summed E-state index contributed by atoms with van der Waals surface area (Å²) in [6.07, 6.45) is 7.46. The third kappa shape index (κ3) is 7.90. The molecule has 1 unspecified atom stereocenters. The van der Waals surface area contributed by atoms with Crippen LogP contribution >= 0.6 is 0 Å². The Morgan fingerprint density at radius 3 is 1.33 bits per heavy atom. The second-order valence-corrected chi connectivity index (χ2v) is 17.7. The third-order valence-corrected chi connectivity index (χ3v) is 12.7. The van der Waals surface area contributed by atoms with E-state index in [1.807, 2.05) is 48.5 Å². The molecule has 1 aliphatic carbocycles. The maximum absolute atomic E-state index is 6.67. The highest BCUT2D eigenvalue weighted by molar-refractivity contribution is 5.77. The van der Waals surface area contributed by atoms with Gasteiger partial charge in [0.25, 0.3) is 0 Å². The number of rotatable bonds is 8. The largest absolute Gasteiger partial charge is 0.457 e. The highest BCUT2D eigenvalue weighted by atomic mass is 16.5. The van der Waals surface area contributed by atoms with Gasteiger partial charge >= 0.3 is 0 Å². The number of allylic oxidation sites excluding steroid dienone is 4. The Labute approximate surface area is 385 Å². The number of benzene rings is 7. The molecule has 1 aliphatic heterocycles. The van der Waals surface area contributed by atoms with E-state index in [0.29, 0.717) is 29.1 Å². The fourth-order valence-electron chi connectivity index (χ4n) is 8.89. The maximum atomic E-state index is 6.67. The van der Waals surface area contributed by atoms with Crippen LogP contribution in [-0.2, 0) is 5.41 Å². The van der Waals surface area contributed by atoms with Crippen LogP contribution < -0.4 is 4.74 Å². The first-order valence-electron chi connectivity index (χ1n) is 22.5. The molecule has 318 valence electrons. The molecule has 0 spiro atoms. The SMILES string of the molecule is CC1=CCC(c2nc(-c3ccccc3)nc(-c3cccc(-c4ccc5c(c4)C(C)(C)c4cc(-c6cccc(-c7nc(-c8ccccc8)nc(-c8ccc(C)cc8)n7)c6)ccc4O5)c3)n2)C=C1. The number of aromatic nitrogens is 6. The predicted octanol–water partition coefficient (Wildman–Crippen LogP) is 14.5. The van der Waals surface area contributed by atoms with Crippen molar-refractivity contribution in [2.24, 2.45) is 0 Å². The number of ether oxygens (including phenoxy) is 1. The Bertz CT molecular complexity index is 3360. The summed E-state index contributed by atoms with van der Waals surface area (Å²) < 4.78 is 6.67. The van der Waals surface area contributed by atoms with Crippen molar-refractivity contribution in [3.8, 4) is 90.7 Å². The van der Waals surface area contributed by atoms with Crippen molar-refractivity contribution in [3.63, 3.8) is 0 Å². The molecule has 2 aliphatic rings. The fourth-order valence-corrected chi connectivity index (χ4v) is 8.89. The second kappa shape index (κ2) is 16.8. The Morgan fingerprint density at radius 2 is 0.833 bits per heavy atom. The number of nitrogens with zero attached hydrogens (tertiary/aromatic N) is 6. The molecule has 0 bridgehead atoms. The van der Waals surface area contributed by atoms with Gasteiger partial charge in [-0.3, -0.25) is 0 Å². The van der Waals surface area contributed by atoms with Crippen LogP contribution in [0.4, 0.5) is 0 Å². The van der Waals surface area contributed by atoms with Gasteiger partial charge in [-0.05, 0) is 78.9 Å². The van der Waals surface area contributed by atoms with Crippen LogP contribution in [0.25, 0.3) is 79.2 Å². The van der Waals surface area contributed by atoms with E-state index in [9.17, 15) is 0 Å². The van der Waals surface area contributed by atoms with Crippen LogP contribution in [0.2, 0.25) is 0 Å². The molecule has 0 fully saturated rings. The van der Waals surface area contributed by atoms with Crippen molar-refractivity contribution in [2.45, 2.75) is 45.4 Å². The summed E-state index contributed by atoms with van der Waals surface area (Å²) in [6, 6.07) is 58.5. The van der Waals surface area contributed by atoms with Gasteiger partial charge in [-0.25, -0.2) is 29.9 Å². The molecule has 3 heterocycles. The van der Waals surface area contributed by atoms with Crippen LogP contribution in [0.5, 0.6) is 11.5 Å². The zero-order valence-corrected chi connectivity index (χ0v) is 37.3. The molecule has 7 heteroatoms. The molecular formula is C59H46N6O. The Balaban J connectivity index is 0.922. The van der Waals surface area contributed by atoms with Crippen molar-refractivity contribution in [3.05, 3.63) is 216 Å². The molecule has 0 saturated carbocycles. The molecule has 0 N–H and O–H groups in total. The molecule has 11 rings (SSSR count). The Morgan fingerprint density at radius 1 is 0.424 bits per heavy atom. The average molecular weight is 855 g/mol. The summed E-state index contributed by atoms with van der Waals surface area (Å²) in [4.78, 5) is 30.1. The number of hydrogen-bond donors (Lipinski definition) is 0. The quantitative estimate of drug-likeness (QED) is 0.150. The molecule has 0 radical (unpaired) electrons. The van der Waals surface area contributed by atoms with E-state index in [-0.39, 0.29) is 11.3 Å². The molecule has 0 amide bonds. The van der Waals surface area contributed by atoms with Gasteiger partial charge in [0.1, 0.15) is 17.3 Å². The molecule has 2 aromatic heterocycles. The van der Waals surface area contributed by atoms with E-state index in [1.54, 1.807) is 0 Å². The minimum atomic E-state index is -0.375. The minimum Gasteiger partial charge on any atom is -0.457 e. The van der Waals surface area contributed by atoms with Crippen LogP contribution in [0.1, 0.15) is 55.6 Å². The zero-order chi connectivity index (χ0) is 44.8. The lowest BCUT2D eigenvalue weighted by molar-refractivity contribution is 0.418. The van der Waals surface area contributed by atoms with Crippen LogP contribution in [0.3, 0.4) is 0 Å². The Hall–Kier alpha value is -8.16. The lowest BCUT2D eigenvalue weighted by atomic mass is 9.74. The van der Waals surface area contributed by atoms with Gasteiger partial charge in [0.05, 0.1) is 0 Å². The van der Waals surface area contributed by atoms with Crippen LogP contribution in [0, 0.1) is 6.92 Å². The van der Waals surface area contributed by atoms with E-state index in [4.69, 9.17) is 34.6 Å². The molecule has 66 heavy (non-hydrogen) atoms. The van der Waals surface area contributed by atoms with Gasteiger partial charge in [0.2, 0.25) is 0 Å². The molecular weight excluding hydrogens is 809 g/mol. The minimum absolute atomic E-state index is 0.0810. The topological polar surface area (TPSA) is 86.6 Å². The van der Waals surface area contributed by atoms with E-state index >= 15 is 0 Å². The van der Waals surface area contributed by atoms with Gasteiger partial charge in [0, 0.05) is 50.3 Å². The molecule has 7 nitrogen and oxygen atoms in total. The fraction of sp³-hybridized carbons (Fsp3) is 0.119. The average Bonchev–Trinajstić information content (AvgIpc) is 3.37. The van der Waals surface area contributed by atoms with Gasteiger partial charge in [-0.1, -0.05) is 177 Å². The maximum Gasteiger partial charge on any atom is 0.164 e. The standard InChI is InChI=1S/C59H46N6O/c1-37-21-25-41(26-22-37)55-60-53(39-13-7-5-8-14-39)62-57(64-55)47-19-11-17-43(33-47)45-29-31-51-49(35-45)59(3,4)50-36-46(30-32-52(50)66-51)44-18-12-20-48(34-44)58-63-54(40-15-9-6-10-16-40)61-56(65-58)42-27-23-38(2)24-28-42/h5-27,29-36,42H,28H2,1-4H3. The lowest BCUT2D eigenvalue weighted by Crippen LogP contribution is -2.24.